The van der Waals surface area contributed by atoms with E-state index < -0.39 is 22.0 Å². The smallest absolute Gasteiger partial charge is 0.244 e. The summed E-state index contributed by atoms with van der Waals surface area (Å²) in [5, 5.41) is 3.12. The molecule has 0 aliphatic heterocycles. The van der Waals surface area contributed by atoms with Crippen LogP contribution in [0.3, 0.4) is 0 Å². The maximum atomic E-state index is 13.7. The Labute approximate surface area is 217 Å². The van der Waals surface area contributed by atoms with Crippen molar-refractivity contribution in [1.82, 2.24) is 10.2 Å². The molecule has 2 aromatic carbocycles. The maximum absolute atomic E-state index is 13.7. The number of nitrogens with one attached hydrogen (secondary N) is 1. The zero-order valence-corrected chi connectivity index (χ0v) is 22.7. The number of carbonyl (C=O) groups is 2. The van der Waals surface area contributed by atoms with Crippen molar-refractivity contribution in [2.45, 2.75) is 57.5 Å². The highest BCUT2D eigenvalue weighted by Crippen LogP contribution is 2.28. The Bertz CT molecular complexity index is 1100. The summed E-state index contributed by atoms with van der Waals surface area (Å²) in [5.74, 6) is -0.580. The van der Waals surface area contributed by atoms with E-state index in [-0.39, 0.29) is 18.5 Å². The molecule has 35 heavy (non-hydrogen) atoms. The minimum Gasteiger partial charge on any atom is -0.352 e. The summed E-state index contributed by atoms with van der Waals surface area (Å²) in [7, 11) is -3.75. The van der Waals surface area contributed by atoms with Gasteiger partial charge in [0, 0.05) is 17.1 Å². The number of para-hydroxylation sites is 1. The van der Waals surface area contributed by atoms with E-state index in [1.165, 1.54) is 0 Å². The second-order valence-corrected chi connectivity index (χ2v) is 11.7. The van der Waals surface area contributed by atoms with E-state index >= 15 is 0 Å². The number of halogens is 1. The molecule has 2 aromatic rings. The molecule has 0 radical (unpaired) electrons. The molecular weight excluding hydrogens is 530 g/mol. The molecule has 1 saturated carbocycles. The van der Waals surface area contributed by atoms with Gasteiger partial charge in [-0.25, -0.2) is 8.42 Å². The molecule has 0 saturated heterocycles. The van der Waals surface area contributed by atoms with Crippen LogP contribution in [0.25, 0.3) is 0 Å². The molecule has 190 valence electrons. The number of nitrogens with zero attached hydrogens (tertiary/aromatic N) is 2. The van der Waals surface area contributed by atoms with E-state index in [4.69, 9.17) is 0 Å². The largest absolute Gasteiger partial charge is 0.352 e. The van der Waals surface area contributed by atoms with Crippen LogP contribution in [0.1, 0.15) is 44.6 Å². The summed E-state index contributed by atoms with van der Waals surface area (Å²) in [6, 6.07) is 16.1. The van der Waals surface area contributed by atoms with Crippen LogP contribution >= 0.6 is 15.9 Å². The van der Waals surface area contributed by atoms with Gasteiger partial charge < -0.3 is 10.2 Å². The second kappa shape index (κ2) is 12.5. The van der Waals surface area contributed by atoms with Crippen LogP contribution in [-0.4, -0.2) is 56.6 Å². The Balaban J connectivity index is 1.87. The molecule has 2 amide bonds. The minimum absolute atomic E-state index is 0.135. The topological polar surface area (TPSA) is 86.8 Å². The normalized spacial score (nSPS) is 14.9. The van der Waals surface area contributed by atoms with Crippen LogP contribution in [0.2, 0.25) is 0 Å². The predicted molar refractivity (Wildman–Crippen MR) is 143 cm³/mol. The minimum atomic E-state index is -3.75. The summed E-state index contributed by atoms with van der Waals surface area (Å²) in [5.41, 5.74) is 1.43. The molecule has 0 bridgehead atoms. The third kappa shape index (κ3) is 7.54. The first-order valence-corrected chi connectivity index (χ1v) is 14.7. The van der Waals surface area contributed by atoms with E-state index in [0.717, 1.165) is 41.8 Å². The van der Waals surface area contributed by atoms with Crippen molar-refractivity contribution in [3.05, 3.63) is 64.6 Å². The number of carbonyl (C=O) groups excluding carboxylic acids is 2. The Kier molecular flexibility index (Phi) is 9.74. The van der Waals surface area contributed by atoms with Crippen molar-refractivity contribution in [2.75, 3.05) is 23.7 Å². The van der Waals surface area contributed by atoms with Gasteiger partial charge in [0.2, 0.25) is 21.8 Å². The lowest BCUT2D eigenvalue weighted by Gasteiger charge is -2.33. The van der Waals surface area contributed by atoms with Gasteiger partial charge in [0.25, 0.3) is 0 Å². The summed E-state index contributed by atoms with van der Waals surface area (Å²) >= 11 is 3.40. The third-order valence-electron chi connectivity index (χ3n) is 6.37. The van der Waals surface area contributed by atoms with Crippen LogP contribution in [0.4, 0.5) is 5.69 Å². The second-order valence-electron chi connectivity index (χ2n) is 8.96. The molecule has 0 spiro atoms. The highest BCUT2D eigenvalue weighted by atomic mass is 79.9. The fourth-order valence-electron chi connectivity index (χ4n) is 4.51. The molecule has 1 aliphatic rings. The molecule has 3 rings (SSSR count). The van der Waals surface area contributed by atoms with Gasteiger partial charge in [-0.1, -0.05) is 62.2 Å². The van der Waals surface area contributed by atoms with Gasteiger partial charge in [0.1, 0.15) is 12.6 Å². The lowest BCUT2D eigenvalue weighted by atomic mass is 10.1. The van der Waals surface area contributed by atoms with E-state index in [0.29, 0.717) is 29.5 Å². The van der Waals surface area contributed by atoms with Gasteiger partial charge >= 0.3 is 0 Å². The number of anilines is 1. The zero-order valence-electron chi connectivity index (χ0n) is 20.3. The highest BCUT2D eigenvalue weighted by molar-refractivity contribution is 9.10. The summed E-state index contributed by atoms with van der Waals surface area (Å²) < 4.78 is 27.0. The first kappa shape index (κ1) is 27.2. The molecule has 9 heteroatoms. The van der Waals surface area contributed by atoms with Gasteiger partial charge in [-0.3, -0.25) is 13.9 Å². The fourth-order valence-corrected chi connectivity index (χ4v) is 5.99. The average molecular weight is 565 g/mol. The zero-order chi connectivity index (χ0) is 25.4. The van der Waals surface area contributed by atoms with Crippen molar-refractivity contribution in [3.63, 3.8) is 0 Å². The van der Waals surface area contributed by atoms with Gasteiger partial charge in [0.05, 0.1) is 11.9 Å². The molecule has 0 aromatic heterocycles. The fraction of sp³-hybridized carbons (Fsp3) is 0.462. The Morgan fingerprint density at radius 1 is 1.06 bits per heavy atom. The van der Waals surface area contributed by atoms with E-state index in [1.54, 1.807) is 29.2 Å². The molecule has 1 atom stereocenters. The quantitative estimate of drug-likeness (QED) is 0.445. The van der Waals surface area contributed by atoms with Gasteiger partial charge in [-0.2, -0.15) is 0 Å². The summed E-state index contributed by atoms with van der Waals surface area (Å²) in [6.07, 6.45) is 6.16. The Hall–Kier alpha value is -2.39. The van der Waals surface area contributed by atoms with Gasteiger partial charge in [-0.05, 0) is 59.3 Å². The lowest BCUT2D eigenvalue weighted by molar-refractivity contribution is -0.139. The number of sulfonamides is 1. The number of benzene rings is 2. The van der Waals surface area contributed by atoms with Crippen molar-refractivity contribution in [2.24, 2.45) is 0 Å². The summed E-state index contributed by atoms with van der Waals surface area (Å²) in [6.45, 7) is 1.81. The van der Waals surface area contributed by atoms with Gasteiger partial charge in [0.15, 0.2) is 0 Å². The van der Waals surface area contributed by atoms with Crippen molar-refractivity contribution in [1.29, 1.82) is 0 Å². The third-order valence-corrected chi connectivity index (χ3v) is 8.17. The van der Waals surface area contributed by atoms with Crippen LogP contribution in [0, 0.1) is 0 Å². The number of hydrogen-bond acceptors (Lipinski definition) is 4. The maximum Gasteiger partial charge on any atom is 0.244 e. The van der Waals surface area contributed by atoms with Crippen molar-refractivity contribution >= 4 is 43.5 Å². The molecule has 1 aliphatic carbocycles. The molecule has 1 fully saturated rings. The highest BCUT2D eigenvalue weighted by Gasteiger charge is 2.33. The predicted octanol–water partition coefficient (Wildman–Crippen LogP) is 4.12. The Morgan fingerprint density at radius 3 is 2.29 bits per heavy atom. The first-order valence-electron chi connectivity index (χ1n) is 12.1. The van der Waals surface area contributed by atoms with Gasteiger partial charge in [-0.15, -0.1) is 0 Å². The van der Waals surface area contributed by atoms with Crippen LogP contribution in [0.15, 0.2) is 59.1 Å². The molecule has 0 heterocycles. The number of amides is 2. The average Bonchev–Trinajstić information content (AvgIpc) is 3.33. The Morgan fingerprint density at radius 2 is 1.69 bits per heavy atom. The standard InChI is InChI=1S/C26H34BrN3O4S/c1-3-23(26(32)28-21-13-7-8-14-21)29(18-17-20-11-5-4-6-12-20)25(31)19-30(35(2,33)34)24-16-10-9-15-22(24)27/h4-6,9-12,15-16,21,23H,3,7-8,13-14,17-19H2,1-2H3,(H,28,32)/t23-/m0/s1. The van der Waals surface area contributed by atoms with Crippen LogP contribution in [0.5, 0.6) is 0 Å². The van der Waals surface area contributed by atoms with Crippen LogP contribution in [-0.2, 0) is 26.0 Å². The molecule has 1 N–H and O–H groups in total. The van der Waals surface area contributed by atoms with E-state index in [1.807, 2.05) is 37.3 Å². The van der Waals surface area contributed by atoms with Crippen molar-refractivity contribution < 1.29 is 18.0 Å². The SMILES string of the molecule is CC[C@@H](C(=O)NC1CCCC1)N(CCc1ccccc1)C(=O)CN(c1ccccc1Br)S(C)(=O)=O. The monoisotopic (exact) mass is 563 g/mol. The molecule has 7 nitrogen and oxygen atoms in total. The number of rotatable bonds is 11. The van der Waals surface area contributed by atoms with Crippen molar-refractivity contribution in [3.8, 4) is 0 Å². The lowest BCUT2D eigenvalue weighted by Crippen LogP contribution is -2.54. The summed E-state index contributed by atoms with van der Waals surface area (Å²) in [4.78, 5) is 28.5. The van der Waals surface area contributed by atoms with E-state index in [9.17, 15) is 18.0 Å². The first-order chi connectivity index (χ1) is 16.7. The van der Waals surface area contributed by atoms with E-state index in [2.05, 4.69) is 21.2 Å². The van der Waals surface area contributed by atoms with Crippen LogP contribution < -0.4 is 9.62 Å². The molecular formula is C26H34BrN3O4S. The molecule has 0 unspecified atom stereocenters. The number of hydrogen-bond donors (Lipinski definition) is 1.